The monoisotopic (exact) mass is 393 g/mol. The second-order valence-corrected chi connectivity index (χ2v) is 7.15. The van der Waals surface area contributed by atoms with Crippen molar-refractivity contribution in [2.45, 2.75) is 45.7 Å². The second kappa shape index (κ2) is 8.08. The number of carbonyl (C=O) groups is 2. The van der Waals surface area contributed by atoms with Crippen LogP contribution in [0.2, 0.25) is 5.02 Å². The van der Waals surface area contributed by atoms with Gasteiger partial charge in [-0.25, -0.2) is 4.39 Å². The Balaban J connectivity index is 1.64. The van der Waals surface area contributed by atoms with Gasteiger partial charge in [-0.15, -0.1) is 0 Å². The first kappa shape index (κ1) is 19.4. The summed E-state index contributed by atoms with van der Waals surface area (Å²) >= 11 is 5.99. The fourth-order valence-electron chi connectivity index (χ4n) is 3.20. The van der Waals surface area contributed by atoms with Crippen LogP contribution in [-0.4, -0.2) is 34.5 Å². The predicted molar refractivity (Wildman–Crippen MR) is 97.9 cm³/mol. The first-order chi connectivity index (χ1) is 12.8. The Bertz CT molecular complexity index is 848. The van der Waals surface area contributed by atoms with Gasteiger partial charge in [-0.2, -0.15) is 0 Å². The van der Waals surface area contributed by atoms with Crippen molar-refractivity contribution in [2.24, 2.45) is 0 Å². The van der Waals surface area contributed by atoms with E-state index in [1.165, 1.54) is 12.1 Å². The molecule has 1 fully saturated rings. The minimum absolute atomic E-state index is 0.0236. The molecule has 2 amide bonds. The normalized spacial score (nSPS) is 17.7. The molecule has 2 aromatic rings. The molecule has 0 spiro atoms. The van der Waals surface area contributed by atoms with Crippen LogP contribution >= 0.6 is 11.6 Å². The molecule has 0 aliphatic carbocycles. The molecule has 8 heteroatoms. The van der Waals surface area contributed by atoms with Crippen molar-refractivity contribution in [1.82, 2.24) is 15.4 Å². The maximum absolute atomic E-state index is 13.4. The van der Waals surface area contributed by atoms with Crippen LogP contribution in [0.15, 0.2) is 22.7 Å². The van der Waals surface area contributed by atoms with Crippen LogP contribution in [0, 0.1) is 19.7 Å². The molecular formula is C19H21ClFN3O3. The van der Waals surface area contributed by atoms with Crippen molar-refractivity contribution < 1.29 is 18.5 Å². The lowest BCUT2D eigenvalue weighted by atomic mass is 10.1. The van der Waals surface area contributed by atoms with Gasteiger partial charge in [-0.1, -0.05) is 16.8 Å². The van der Waals surface area contributed by atoms with Crippen LogP contribution in [-0.2, 0) is 11.3 Å². The summed E-state index contributed by atoms with van der Waals surface area (Å²) < 4.78 is 18.6. The molecule has 144 valence electrons. The van der Waals surface area contributed by atoms with Gasteiger partial charge in [0, 0.05) is 24.6 Å². The number of hydrogen-bond acceptors (Lipinski definition) is 4. The van der Waals surface area contributed by atoms with Crippen molar-refractivity contribution >= 4 is 23.4 Å². The highest BCUT2D eigenvalue weighted by atomic mass is 35.5. The van der Waals surface area contributed by atoms with Gasteiger partial charge < -0.3 is 14.7 Å². The summed E-state index contributed by atoms with van der Waals surface area (Å²) in [4.78, 5) is 26.6. The lowest BCUT2D eigenvalue weighted by molar-refractivity contribution is -0.131. The molecule has 27 heavy (non-hydrogen) atoms. The fourth-order valence-corrected chi connectivity index (χ4v) is 3.40. The summed E-state index contributed by atoms with van der Waals surface area (Å²) in [6.45, 7) is 4.62. The zero-order valence-corrected chi connectivity index (χ0v) is 16.0. The zero-order chi connectivity index (χ0) is 19.6. The third kappa shape index (κ3) is 4.47. The van der Waals surface area contributed by atoms with Crippen LogP contribution in [0.1, 0.15) is 46.6 Å². The van der Waals surface area contributed by atoms with E-state index in [2.05, 4.69) is 10.5 Å². The van der Waals surface area contributed by atoms with Gasteiger partial charge in [0.25, 0.3) is 5.91 Å². The van der Waals surface area contributed by atoms with Gasteiger partial charge in [-0.3, -0.25) is 9.59 Å². The molecule has 0 radical (unpaired) electrons. The Labute approximate surface area is 161 Å². The number of hydrogen-bond donors (Lipinski definition) is 1. The molecular weight excluding hydrogens is 373 g/mol. The predicted octanol–water partition coefficient (Wildman–Crippen LogP) is 3.40. The van der Waals surface area contributed by atoms with E-state index in [0.29, 0.717) is 38.1 Å². The number of rotatable bonds is 4. The highest BCUT2D eigenvalue weighted by molar-refractivity contribution is 6.33. The van der Waals surface area contributed by atoms with Gasteiger partial charge in [0.05, 0.1) is 22.8 Å². The molecule has 1 aromatic heterocycles. The smallest absolute Gasteiger partial charge is 0.253 e. The highest BCUT2D eigenvalue weighted by Crippen LogP contribution is 2.21. The maximum Gasteiger partial charge on any atom is 0.253 e. The molecule has 1 saturated heterocycles. The molecule has 3 rings (SSSR count). The average Bonchev–Trinajstić information content (AvgIpc) is 2.84. The van der Waals surface area contributed by atoms with Crippen molar-refractivity contribution in [2.75, 3.05) is 6.54 Å². The van der Waals surface area contributed by atoms with Gasteiger partial charge in [-0.05, 0) is 44.9 Å². The van der Waals surface area contributed by atoms with E-state index in [9.17, 15) is 14.0 Å². The number of halogens is 2. The van der Waals surface area contributed by atoms with Crippen LogP contribution in [0.5, 0.6) is 0 Å². The van der Waals surface area contributed by atoms with Crippen molar-refractivity contribution in [3.8, 4) is 0 Å². The third-order valence-corrected chi connectivity index (χ3v) is 5.17. The van der Waals surface area contributed by atoms with Crippen LogP contribution in [0.25, 0.3) is 0 Å². The van der Waals surface area contributed by atoms with Gasteiger partial charge in [0.15, 0.2) is 0 Å². The Morgan fingerprint density at radius 1 is 1.41 bits per heavy atom. The zero-order valence-electron chi connectivity index (χ0n) is 15.2. The number of carbonyl (C=O) groups excluding carboxylic acids is 2. The molecule has 1 aliphatic rings. The van der Waals surface area contributed by atoms with Crippen molar-refractivity contribution in [1.29, 1.82) is 0 Å². The first-order valence-electron chi connectivity index (χ1n) is 8.80. The Kier molecular flexibility index (Phi) is 5.79. The highest BCUT2D eigenvalue weighted by Gasteiger charge is 2.26. The minimum atomic E-state index is -0.522. The lowest BCUT2D eigenvalue weighted by Gasteiger charge is -2.21. The molecule has 0 bridgehead atoms. The quantitative estimate of drug-likeness (QED) is 0.863. The molecule has 0 saturated carbocycles. The fraction of sp³-hybridized carbons (Fsp3) is 0.421. The Morgan fingerprint density at radius 3 is 2.89 bits per heavy atom. The van der Waals surface area contributed by atoms with E-state index in [0.717, 1.165) is 17.3 Å². The summed E-state index contributed by atoms with van der Waals surface area (Å²) in [5.41, 5.74) is 1.78. The summed E-state index contributed by atoms with van der Waals surface area (Å²) in [6.07, 6.45) is 1.45. The number of amides is 2. The standard InChI is InChI=1S/C19H21ClFN3O3/c1-11-16(12(2)27-23-11)10-24-8-7-14(4-6-18(24)25)22-19(26)15-9-13(21)3-5-17(15)20/h3,5,9,14H,4,6-8,10H2,1-2H3,(H,22,26). The van der Waals surface area contributed by atoms with E-state index in [-0.39, 0.29) is 22.5 Å². The minimum Gasteiger partial charge on any atom is -0.361 e. The Hall–Kier alpha value is -2.41. The topological polar surface area (TPSA) is 75.4 Å². The SMILES string of the molecule is Cc1noc(C)c1CN1CCC(NC(=O)c2cc(F)ccc2Cl)CCC1=O. The molecule has 1 unspecified atom stereocenters. The van der Waals surface area contributed by atoms with E-state index in [1.807, 2.05) is 13.8 Å². The number of nitrogens with one attached hydrogen (secondary N) is 1. The summed E-state index contributed by atoms with van der Waals surface area (Å²) in [5, 5.41) is 6.98. The van der Waals surface area contributed by atoms with Crippen LogP contribution < -0.4 is 5.32 Å². The molecule has 1 aliphatic heterocycles. The molecule has 2 heterocycles. The van der Waals surface area contributed by atoms with E-state index in [4.69, 9.17) is 16.1 Å². The van der Waals surface area contributed by atoms with E-state index >= 15 is 0 Å². The molecule has 1 N–H and O–H groups in total. The molecule has 1 aromatic carbocycles. The van der Waals surface area contributed by atoms with E-state index in [1.54, 1.807) is 4.90 Å². The summed E-state index contributed by atoms with van der Waals surface area (Å²) in [7, 11) is 0. The van der Waals surface area contributed by atoms with Gasteiger partial charge in [0.1, 0.15) is 11.6 Å². The summed E-state index contributed by atoms with van der Waals surface area (Å²) in [6, 6.07) is 3.49. The van der Waals surface area contributed by atoms with Crippen LogP contribution in [0.4, 0.5) is 4.39 Å². The molecule has 6 nitrogen and oxygen atoms in total. The number of likely N-dealkylation sites (tertiary alicyclic amines) is 1. The van der Waals surface area contributed by atoms with Gasteiger partial charge in [0.2, 0.25) is 5.91 Å². The van der Waals surface area contributed by atoms with E-state index < -0.39 is 11.7 Å². The number of aryl methyl sites for hydroxylation is 2. The second-order valence-electron chi connectivity index (χ2n) is 6.74. The lowest BCUT2D eigenvalue weighted by Crippen LogP contribution is -2.36. The first-order valence-corrected chi connectivity index (χ1v) is 9.18. The average molecular weight is 394 g/mol. The van der Waals surface area contributed by atoms with Crippen molar-refractivity contribution in [3.63, 3.8) is 0 Å². The number of benzene rings is 1. The number of nitrogens with zero attached hydrogens (tertiary/aromatic N) is 2. The third-order valence-electron chi connectivity index (χ3n) is 4.85. The van der Waals surface area contributed by atoms with Crippen molar-refractivity contribution in [3.05, 3.63) is 51.6 Å². The Morgan fingerprint density at radius 2 is 2.19 bits per heavy atom. The largest absolute Gasteiger partial charge is 0.361 e. The van der Waals surface area contributed by atoms with Crippen LogP contribution in [0.3, 0.4) is 0 Å². The van der Waals surface area contributed by atoms with Gasteiger partial charge >= 0.3 is 0 Å². The molecule has 1 atom stereocenters. The maximum atomic E-state index is 13.4. The number of aromatic nitrogens is 1. The summed E-state index contributed by atoms with van der Waals surface area (Å²) in [5.74, 6) is -0.229.